The van der Waals surface area contributed by atoms with Gasteiger partial charge in [0, 0.05) is 11.0 Å². The van der Waals surface area contributed by atoms with E-state index < -0.39 is 0 Å². The number of aromatic nitrogens is 3. The predicted molar refractivity (Wildman–Crippen MR) is 91.1 cm³/mol. The number of hydrogen-bond donors (Lipinski definition) is 1. The topological polar surface area (TPSA) is 41.6 Å². The summed E-state index contributed by atoms with van der Waals surface area (Å²) in [6, 6.07) is 8.32. The van der Waals surface area contributed by atoms with Crippen LogP contribution < -0.4 is 0 Å². The van der Waals surface area contributed by atoms with Crippen LogP contribution in [-0.2, 0) is 0 Å². The number of aromatic amines is 1. The maximum Gasteiger partial charge on any atom is 0.156 e. The lowest BCUT2D eigenvalue weighted by Crippen LogP contribution is -2.04. The van der Waals surface area contributed by atoms with Crippen LogP contribution in [0.15, 0.2) is 60.5 Å². The van der Waals surface area contributed by atoms with Gasteiger partial charge in [-0.1, -0.05) is 74.9 Å². The first-order chi connectivity index (χ1) is 10.6. The minimum atomic E-state index is 0.0265. The van der Waals surface area contributed by atoms with E-state index in [0.29, 0.717) is 0 Å². The third-order valence-corrected chi connectivity index (χ3v) is 3.88. The van der Waals surface area contributed by atoms with Gasteiger partial charge in [-0.2, -0.15) is 5.10 Å². The molecular weight excluding hydrogens is 270 g/mol. The molecule has 0 spiro atoms. The fourth-order valence-electron chi connectivity index (χ4n) is 2.88. The van der Waals surface area contributed by atoms with Crippen LogP contribution in [0.3, 0.4) is 0 Å². The number of benzene rings is 1. The molecule has 1 aliphatic carbocycles. The van der Waals surface area contributed by atoms with Gasteiger partial charge in [-0.25, -0.2) is 4.98 Å². The van der Waals surface area contributed by atoms with Gasteiger partial charge >= 0.3 is 0 Å². The maximum absolute atomic E-state index is 4.30. The number of rotatable bonds is 3. The van der Waals surface area contributed by atoms with E-state index in [0.717, 1.165) is 17.8 Å². The average molecular weight is 291 g/mol. The molecule has 22 heavy (non-hydrogen) atoms. The molecule has 3 nitrogen and oxygen atoms in total. The van der Waals surface area contributed by atoms with E-state index in [1.54, 1.807) is 6.33 Å². The Morgan fingerprint density at radius 1 is 1.05 bits per heavy atom. The quantitative estimate of drug-likeness (QED) is 0.883. The van der Waals surface area contributed by atoms with Crippen LogP contribution in [0.2, 0.25) is 0 Å². The van der Waals surface area contributed by atoms with Gasteiger partial charge < -0.3 is 0 Å². The lowest BCUT2D eigenvalue weighted by atomic mass is 9.87. The lowest BCUT2D eigenvalue weighted by Gasteiger charge is -2.17. The largest absolute Gasteiger partial charge is 0.259 e. The van der Waals surface area contributed by atoms with Crippen molar-refractivity contribution in [2.24, 2.45) is 5.41 Å². The Hall–Kier alpha value is -2.42. The Labute approximate surface area is 131 Å². The molecule has 112 valence electrons. The summed E-state index contributed by atoms with van der Waals surface area (Å²) in [6.07, 6.45) is 11.7. The zero-order valence-corrected chi connectivity index (χ0v) is 13.3. The number of allylic oxidation sites excluding steroid dienone is 6. The fourth-order valence-corrected chi connectivity index (χ4v) is 2.88. The van der Waals surface area contributed by atoms with E-state index >= 15 is 0 Å². The fraction of sp³-hybridized carbons (Fsp3) is 0.263. The van der Waals surface area contributed by atoms with Gasteiger partial charge in [-0.15, -0.1) is 0 Å². The molecule has 0 saturated carbocycles. The smallest absolute Gasteiger partial charge is 0.156 e. The molecule has 2 aromatic rings. The molecular formula is C19H21N3. The van der Waals surface area contributed by atoms with E-state index in [1.165, 1.54) is 16.7 Å². The van der Waals surface area contributed by atoms with Crippen LogP contribution in [0, 0.1) is 5.41 Å². The van der Waals surface area contributed by atoms with Gasteiger partial charge in [-0.05, 0) is 17.6 Å². The molecule has 0 aliphatic heterocycles. The van der Waals surface area contributed by atoms with Crippen LogP contribution >= 0.6 is 0 Å². The highest BCUT2D eigenvalue weighted by Gasteiger charge is 2.18. The number of nitrogens with zero attached hydrogens (tertiary/aromatic N) is 2. The third kappa shape index (κ3) is 2.93. The standard InChI is InChI=1S/C19H21N3/c1-4-14-9-10-15(12-19(2,3)11-14)16-7-5-6-8-17(16)18-20-13-21-22-18/h5-13H,4H2,1-3H3,(H,20,21,22). The minimum Gasteiger partial charge on any atom is -0.259 e. The highest BCUT2D eigenvalue weighted by Crippen LogP contribution is 2.35. The molecule has 0 atom stereocenters. The van der Waals surface area contributed by atoms with E-state index in [1.807, 2.05) is 6.07 Å². The maximum atomic E-state index is 4.30. The molecule has 1 aliphatic rings. The predicted octanol–water partition coefficient (Wildman–Crippen LogP) is 4.79. The molecule has 3 rings (SSSR count). The molecule has 1 aromatic carbocycles. The highest BCUT2D eigenvalue weighted by atomic mass is 15.2. The number of nitrogens with one attached hydrogen (secondary N) is 1. The minimum absolute atomic E-state index is 0.0265. The van der Waals surface area contributed by atoms with Crippen molar-refractivity contribution >= 4 is 5.57 Å². The molecule has 3 heteroatoms. The first-order valence-corrected chi connectivity index (χ1v) is 7.67. The number of H-pyrrole nitrogens is 1. The van der Waals surface area contributed by atoms with Crippen molar-refractivity contribution in [2.75, 3.05) is 0 Å². The number of hydrogen-bond acceptors (Lipinski definition) is 2. The van der Waals surface area contributed by atoms with Crippen LogP contribution in [0.1, 0.15) is 32.8 Å². The molecule has 0 bridgehead atoms. The second-order valence-electron chi connectivity index (χ2n) is 6.21. The van der Waals surface area contributed by atoms with Crippen molar-refractivity contribution in [1.82, 2.24) is 15.2 Å². The summed E-state index contributed by atoms with van der Waals surface area (Å²) >= 11 is 0. The Morgan fingerprint density at radius 3 is 2.50 bits per heavy atom. The van der Waals surface area contributed by atoms with Crippen LogP contribution in [0.5, 0.6) is 0 Å². The van der Waals surface area contributed by atoms with Gasteiger partial charge in [0.1, 0.15) is 6.33 Å². The normalized spacial score (nSPS) is 16.9. The monoisotopic (exact) mass is 291 g/mol. The third-order valence-electron chi connectivity index (χ3n) is 3.88. The Balaban J connectivity index is 2.11. The van der Waals surface area contributed by atoms with Crippen molar-refractivity contribution in [1.29, 1.82) is 0 Å². The molecule has 1 heterocycles. The van der Waals surface area contributed by atoms with Crippen molar-refractivity contribution in [3.05, 3.63) is 66.0 Å². The van der Waals surface area contributed by atoms with Crippen LogP contribution in [0.4, 0.5) is 0 Å². The lowest BCUT2D eigenvalue weighted by molar-refractivity contribution is 0.623. The first-order valence-electron chi connectivity index (χ1n) is 7.67. The second-order valence-corrected chi connectivity index (χ2v) is 6.21. The van der Waals surface area contributed by atoms with Crippen molar-refractivity contribution in [3.8, 4) is 11.4 Å². The Morgan fingerprint density at radius 2 is 1.82 bits per heavy atom. The Kier molecular flexibility index (Phi) is 3.80. The van der Waals surface area contributed by atoms with Gasteiger partial charge in [0.25, 0.3) is 0 Å². The molecule has 0 fully saturated rings. The summed E-state index contributed by atoms with van der Waals surface area (Å²) in [4.78, 5) is 4.30. The molecule has 0 unspecified atom stereocenters. The highest BCUT2D eigenvalue weighted by molar-refractivity contribution is 5.84. The van der Waals surface area contributed by atoms with E-state index in [2.05, 4.69) is 78.5 Å². The zero-order valence-electron chi connectivity index (χ0n) is 13.3. The van der Waals surface area contributed by atoms with E-state index in [9.17, 15) is 0 Å². The van der Waals surface area contributed by atoms with E-state index in [4.69, 9.17) is 0 Å². The Bertz CT molecular complexity index is 747. The summed E-state index contributed by atoms with van der Waals surface area (Å²) in [6.45, 7) is 6.68. The zero-order chi connectivity index (χ0) is 15.6. The molecule has 1 aromatic heterocycles. The second kappa shape index (κ2) is 5.76. The summed E-state index contributed by atoms with van der Waals surface area (Å²) in [5, 5.41) is 6.94. The van der Waals surface area contributed by atoms with Gasteiger partial charge in [0.05, 0.1) is 0 Å². The molecule has 0 amide bonds. The summed E-state index contributed by atoms with van der Waals surface area (Å²) in [5.74, 6) is 0.802. The van der Waals surface area contributed by atoms with Crippen molar-refractivity contribution in [3.63, 3.8) is 0 Å². The van der Waals surface area contributed by atoms with Crippen molar-refractivity contribution in [2.45, 2.75) is 27.2 Å². The summed E-state index contributed by atoms with van der Waals surface area (Å²) in [5.41, 5.74) is 4.87. The average Bonchev–Trinajstić information content (AvgIpc) is 2.98. The van der Waals surface area contributed by atoms with Crippen LogP contribution in [0.25, 0.3) is 17.0 Å². The van der Waals surface area contributed by atoms with Gasteiger partial charge in [-0.3, -0.25) is 5.10 Å². The molecule has 1 N–H and O–H groups in total. The summed E-state index contributed by atoms with van der Waals surface area (Å²) < 4.78 is 0. The molecule has 0 saturated heterocycles. The van der Waals surface area contributed by atoms with Gasteiger partial charge in [0.2, 0.25) is 0 Å². The van der Waals surface area contributed by atoms with Crippen LogP contribution in [-0.4, -0.2) is 15.2 Å². The summed E-state index contributed by atoms with van der Waals surface area (Å²) in [7, 11) is 0. The van der Waals surface area contributed by atoms with E-state index in [-0.39, 0.29) is 5.41 Å². The van der Waals surface area contributed by atoms with Gasteiger partial charge in [0.15, 0.2) is 5.82 Å². The van der Waals surface area contributed by atoms with Crippen molar-refractivity contribution < 1.29 is 0 Å². The SMILES string of the molecule is CCC1=CC(C)(C)C=C(c2ccccc2-c2ncn[nH]2)C=C1. The molecule has 0 radical (unpaired) electrons. The first kappa shape index (κ1) is 14.5.